The van der Waals surface area contributed by atoms with E-state index in [2.05, 4.69) is 53.4 Å². The largest absolute Gasteiger partial charge is 0.378 e. The summed E-state index contributed by atoms with van der Waals surface area (Å²) in [4.78, 5) is 7.32. The van der Waals surface area contributed by atoms with Gasteiger partial charge >= 0.3 is 0 Å². The Balaban J connectivity index is 0.00000450. The first-order chi connectivity index (χ1) is 14.0. The summed E-state index contributed by atoms with van der Waals surface area (Å²) >= 11 is 0. The molecule has 2 heterocycles. The van der Waals surface area contributed by atoms with Crippen LogP contribution in [0.15, 0.2) is 4.99 Å². The first kappa shape index (κ1) is 27.1. The zero-order valence-corrected chi connectivity index (χ0v) is 22.0. The fourth-order valence-electron chi connectivity index (χ4n) is 3.83. The number of nitrogens with zero attached hydrogens (tertiary/aromatic N) is 5. The van der Waals surface area contributed by atoms with Gasteiger partial charge in [-0.1, -0.05) is 20.8 Å². The van der Waals surface area contributed by atoms with Crippen LogP contribution in [0.4, 0.5) is 0 Å². The SMILES string of the molecule is CCOC(CCNC(=NCc1nnc(C)n1C)NCC1CCCN1CC)C(C)C.I. The van der Waals surface area contributed by atoms with Gasteiger partial charge in [0.2, 0.25) is 0 Å². The molecule has 0 spiro atoms. The van der Waals surface area contributed by atoms with Gasteiger partial charge in [-0.2, -0.15) is 0 Å². The summed E-state index contributed by atoms with van der Waals surface area (Å²) in [6.07, 6.45) is 3.75. The average Bonchev–Trinajstić information content (AvgIpc) is 3.29. The third-order valence-corrected chi connectivity index (χ3v) is 5.82. The van der Waals surface area contributed by atoms with Crippen LogP contribution >= 0.6 is 24.0 Å². The molecule has 1 aromatic rings. The quantitative estimate of drug-likeness (QED) is 0.258. The van der Waals surface area contributed by atoms with Gasteiger partial charge in [0.1, 0.15) is 12.4 Å². The number of aromatic nitrogens is 3. The lowest BCUT2D eigenvalue weighted by Crippen LogP contribution is -2.45. The van der Waals surface area contributed by atoms with E-state index in [0.717, 1.165) is 50.3 Å². The number of likely N-dealkylation sites (N-methyl/N-ethyl adjacent to an activating group) is 1. The second-order valence-corrected chi connectivity index (χ2v) is 8.15. The Morgan fingerprint density at radius 2 is 2.03 bits per heavy atom. The number of hydrogen-bond acceptors (Lipinski definition) is 5. The monoisotopic (exact) mass is 535 g/mol. The van der Waals surface area contributed by atoms with Crippen LogP contribution in [0, 0.1) is 12.8 Å². The first-order valence-electron chi connectivity index (χ1n) is 11.2. The van der Waals surface area contributed by atoms with Crippen molar-refractivity contribution in [2.45, 2.75) is 72.6 Å². The van der Waals surface area contributed by atoms with E-state index < -0.39 is 0 Å². The molecule has 1 aliphatic heterocycles. The van der Waals surface area contributed by atoms with Crippen LogP contribution in [0.25, 0.3) is 0 Å². The van der Waals surface area contributed by atoms with Crippen LogP contribution in [0.1, 0.15) is 58.6 Å². The minimum atomic E-state index is 0. The van der Waals surface area contributed by atoms with Crippen molar-refractivity contribution in [3.05, 3.63) is 11.6 Å². The maximum absolute atomic E-state index is 5.87. The van der Waals surface area contributed by atoms with Crippen molar-refractivity contribution in [3.63, 3.8) is 0 Å². The van der Waals surface area contributed by atoms with Gasteiger partial charge in [-0.05, 0) is 52.1 Å². The molecule has 0 saturated carbocycles. The Labute approximate surface area is 199 Å². The fourth-order valence-corrected chi connectivity index (χ4v) is 3.83. The van der Waals surface area contributed by atoms with Gasteiger partial charge in [-0.25, -0.2) is 4.99 Å². The second-order valence-electron chi connectivity index (χ2n) is 8.15. The summed E-state index contributed by atoms with van der Waals surface area (Å²) in [5, 5.41) is 15.4. The van der Waals surface area contributed by atoms with E-state index in [-0.39, 0.29) is 30.1 Å². The van der Waals surface area contributed by atoms with Gasteiger partial charge in [0.05, 0.1) is 6.10 Å². The number of halogens is 1. The molecule has 1 fully saturated rings. The number of nitrogens with one attached hydrogen (secondary N) is 2. The molecule has 0 bridgehead atoms. The highest BCUT2D eigenvalue weighted by molar-refractivity contribution is 14.0. The summed E-state index contributed by atoms with van der Waals surface area (Å²) in [5.74, 6) is 3.11. The van der Waals surface area contributed by atoms with Gasteiger partial charge in [0.15, 0.2) is 11.8 Å². The van der Waals surface area contributed by atoms with Crippen LogP contribution in [-0.2, 0) is 18.3 Å². The molecule has 2 rings (SSSR count). The van der Waals surface area contributed by atoms with Crippen molar-refractivity contribution in [2.24, 2.45) is 18.0 Å². The number of aliphatic imine (C=N–C) groups is 1. The van der Waals surface area contributed by atoms with Crippen molar-refractivity contribution in [1.29, 1.82) is 0 Å². The number of likely N-dealkylation sites (tertiary alicyclic amines) is 1. The van der Waals surface area contributed by atoms with Crippen molar-refractivity contribution in [1.82, 2.24) is 30.3 Å². The Hall–Kier alpha value is -0.940. The van der Waals surface area contributed by atoms with E-state index in [4.69, 9.17) is 9.73 Å². The number of aryl methyl sites for hydroxylation is 1. The van der Waals surface area contributed by atoms with E-state index in [1.54, 1.807) is 0 Å². The molecule has 0 amide bonds. The number of ether oxygens (including phenoxy) is 1. The molecule has 0 aliphatic carbocycles. The molecule has 1 saturated heterocycles. The molecule has 9 heteroatoms. The van der Waals surface area contributed by atoms with Gasteiger partial charge in [0.25, 0.3) is 0 Å². The number of hydrogen-bond donors (Lipinski definition) is 2. The van der Waals surface area contributed by atoms with Crippen LogP contribution < -0.4 is 10.6 Å². The molecular formula is C21H42IN7O. The molecule has 2 unspecified atom stereocenters. The van der Waals surface area contributed by atoms with Crippen LogP contribution in [0.2, 0.25) is 0 Å². The predicted octanol–water partition coefficient (Wildman–Crippen LogP) is 2.71. The van der Waals surface area contributed by atoms with Crippen molar-refractivity contribution < 1.29 is 4.74 Å². The summed E-state index contributed by atoms with van der Waals surface area (Å²) in [6.45, 7) is 16.0. The lowest BCUT2D eigenvalue weighted by atomic mass is 10.0. The van der Waals surface area contributed by atoms with E-state index in [1.165, 1.54) is 19.4 Å². The standard InChI is InChI=1S/C21H41N7O.HI/c1-7-28-13-9-10-18(28)14-23-21(22-12-11-19(16(3)4)29-8-2)24-15-20-26-25-17(5)27(20)6;/h16,18-19H,7-15H2,1-6H3,(H2,22,23,24);1H. The molecule has 174 valence electrons. The summed E-state index contributed by atoms with van der Waals surface area (Å²) in [6, 6.07) is 0.580. The molecule has 2 atom stereocenters. The highest BCUT2D eigenvalue weighted by Crippen LogP contribution is 2.15. The smallest absolute Gasteiger partial charge is 0.191 e. The van der Waals surface area contributed by atoms with Crippen LogP contribution in [0.5, 0.6) is 0 Å². The second kappa shape index (κ2) is 14.2. The van der Waals surface area contributed by atoms with Crippen molar-refractivity contribution in [3.8, 4) is 0 Å². The van der Waals surface area contributed by atoms with Gasteiger partial charge < -0.3 is 19.9 Å². The third kappa shape index (κ3) is 8.30. The molecule has 1 aromatic heterocycles. The zero-order valence-electron chi connectivity index (χ0n) is 19.6. The summed E-state index contributed by atoms with van der Waals surface area (Å²) in [5.41, 5.74) is 0. The Morgan fingerprint density at radius 3 is 2.63 bits per heavy atom. The fraction of sp³-hybridized carbons (Fsp3) is 0.857. The lowest BCUT2D eigenvalue weighted by Gasteiger charge is -2.25. The maximum atomic E-state index is 5.87. The number of rotatable bonds is 11. The molecule has 30 heavy (non-hydrogen) atoms. The van der Waals surface area contributed by atoms with E-state index in [9.17, 15) is 0 Å². The van der Waals surface area contributed by atoms with Gasteiger partial charge in [0, 0.05) is 32.8 Å². The number of guanidine groups is 1. The molecular weight excluding hydrogens is 493 g/mol. The molecule has 8 nitrogen and oxygen atoms in total. The molecule has 0 aromatic carbocycles. The van der Waals surface area contributed by atoms with Crippen LogP contribution in [-0.4, -0.2) is 70.6 Å². The first-order valence-corrected chi connectivity index (χ1v) is 11.2. The highest BCUT2D eigenvalue weighted by Gasteiger charge is 2.23. The zero-order chi connectivity index (χ0) is 21.2. The summed E-state index contributed by atoms with van der Waals surface area (Å²) in [7, 11) is 1.98. The topological polar surface area (TPSA) is 79.6 Å². The molecule has 1 aliphatic rings. The minimum Gasteiger partial charge on any atom is -0.378 e. The predicted molar refractivity (Wildman–Crippen MR) is 133 cm³/mol. The van der Waals surface area contributed by atoms with Gasteiger partial charge in [-0.15, -0.1) is 34.2 Å². The average molecular weight is 536 g/mol. The molecule has 2 N–H and O–H groups in total. The third-order valence-electron chi connectivity index (χ3n) is 5.82. The maximum Gasteiger partial charge on any atom is 0.191 e. The highest BCUT2D eigenvalue weighted by atomic mass is 127. The van der Waals surface area contributed by atoms with E-state index in [0.29, 0.717) is 18.5 Å². The van der Waals surface area contributed by atoms with E-state index in [1.807, 2.05) is 18.5 Å². The molecule has 0 radical (unpaired) electrons. The Morgan fingerprint density at radius 1 is 1.27 bits per heavy atom. The van der Waals surface area contributed by atoms with Crippen molar-refractivity contribution >= 4 is 29.9 Å². The summed E-state index contributed by atoms with van der Waals surface area (Å²) < 4.78 is 7.86. The minimum absolute atomic E-state index is 0. The normalized spacial score (nSPS) is 18.5. The van der Waals surface area contributed by atoms with Crippen molar-refractivity contribution in [2.75, 3.05) is 32.8 Å². The Kier molecular flexibility index (Phi) is 12.8. The lowest BCUT2D eigenvalue weighted by molar-refractivity contribution is 0.0258. The Bertz CT molecular complexity index is 635. The van der Waals surface area contributed by atoms with Gasteiger partial charge in [-0.3, -0.25) is 4.90 Å². The van der Waals surface area contributed by atoms with E-state index >= 15 is 0 Å². The van der Waals surface area contributed by atoms with Crippen LogP contribution in [0.3, 0.4) is 0 Å².